The van der Waals surface area contributed by atoms with E-state index in [-0.39, 0.29) is 0 Å². The van der Waals surface area contributed by atoms with Crippen molar-refractivity contribution in [2.24, 2.45) is 0 Å². The molecule has 0 radical (unpaired) electrons. The summed E-state index contributed by atoms with van der Waals surface area (Å²) in [6.45, 7) is 13.8. The highest BCUT2D eigenvalue weighted by atomic mass is 14.7. The van der Waals surface area contributed by atoms with Gasteiger partial charge in [-0.15, -0.1) is 13.2 Å². The van der Waals surface area contributed by atoms with Crippen molar-refractivity contribution in [1.29, 1.82) is 0 Å². The summed E-state index contributed by atoms with van der Waals surface area (Å²) in [7, 11) is 0. The fourth-order valence-electron chi connectivity index (χ4n) is 1.03. The zero-order chi connectivity index (χ0) is 11.0. The summed E-state index contributed by atoms with van der Waals surface area (Å²) in [5.74, 6) is 0. The molecule has 1 heteroatoms. The molecule has 0 amide bonds. The van der Waals surface area contributed by atoms with Gasteiger partial charge in [0, 0.05) is 11.8 Å². The third-order valence-corrected chi connectivity index (χ3v) is 1.51. The van der Waals surface area contributed by atoms with Gasteiger partial charge in [0.1, 0.15) is 0 Å². The number of pyridine rings is 1. The van der Waals surface area contributed by atoms with Crippen LogP contribution in [0.3, 0.4) is 0 Å². The maximum atomic E-state index is 4.19. The van der Waals surface area contributed by atoms with Crippen molar-refractivity contribution in [3.8, 4) is 0 Å². The molecule has 1 aromatic heterocycles. The zero-order valence-electron chi connectivity index (χ0n) is 8.96. The quantitative estimate of drug-likeness (QED) is 0.639. The molecule has 0 atom stereocenters. The predicted molar refractivity (Wildman–Crippen MR) is 64.9 cm³/mol. The van der Waals surface area contributed by atoms with Crippen molar-refractivity contribution in [1.82, 2.24) is 4.98 Å². The van der Waals surface area contributed by atoms with Crippen molar-refractivity contribution in [3.05, 3.63) is 54.9 Å². The topological polar surface area (TPSA) is 12.9 Å². The van der Waals surface area contributed by atoms with E-state index in [0.29, 0.717) is 0 Å². The highest BCUT2D eigenvalue weighted by molar-refractivity contribution is 5.62. The van der Waals surface area contributed by atoms with Crippen LogP contribution in [0.4, 0.5) is 0 Å². The second-order valence-electron chi connectivity index (χ2n) is 2.90. The SMILES string of the molecule is C=C.C=Cc1ncccc1C=C(C)C. The third-order valence-electron chi connectivity index (χ3n) is 1.51. The van der Waals surface area contributed by atoms with Gasteiger partial charge in [0.2, 0.25) is 0 Å². The molecule has 0 aliphatic heterocycles. The van der Waals surface area contributed by atoms with Crippen molar-refractivity contribution in [3.63, 3.8) is 0 Å². The number of nitrogens with zero attached hydrogens (tertiary/aromatic N) is 1. The summed E-state index contributed by atoms with van der Waals surface area (Å²) < 4.78 is 0. The summed E-state index contributed by atoms with van der Waals surface area (Å²) in [5.41, 5.74) is 3.34. The molecular weight excluding hydrogens is 170 g/mol. The minimum Gasteiger partial charge on any atom is -0.256 e. The van der Waals surface area contributed by atoms with Gasteiger partial charge in [-0.2, -0.15) is 0 Å². The lowest BCUT2D eigenvalue weighted by Crippen LogP contribution is -1.84. The third kappa shape index (κ3) is 3.85. The van der Waals surface area contributed by atoms with E-state index in [4.69, 9.17) is 0 Å². The van der Waals surface area contributed by atoms with Crippen LogP contribution in [0.5, 0.6) is 0 Å². The van der Waals surface area contributed by atoms with Crippen molar-refractivity contribution >= 4 is 12.2 Å². The van der Waals surface area contributed by atoms with Gasteiger partial charge in [-0.3, -0.25) is 4.98 Å². The minimum atomic E-state index is 0.943. The first-order chi connectivity index (χ1) is 6.74. The van der Waals surface area contributed by atoms with E-state index in [1.165, 1.54) is 5.57 Å². The van der Waals surface area contributed by atoms with Gasteiger partial charge in [-0.25, -0.2) is 0 Å². The first-order valence-electron chi connectivity index (χ1n) is 4.46. The van der Waals surface area contributed by atoms with Crippen molar-refractivity contribution in [2.75, 3.05) is 0 Å². The van der Waals surface area contributed by atoms with E-state index in [9.17, 15) is 0 Å². The van der Waals surface area contributed by atoms with E-state index in [2.05, 4.69) is 44.6 Å². The number of rotatable bonds is 2. The Morgan fingerprint density at radius 3 is 2.50 bits per heavy atom. The molecule has 14 heavy (non-hydrogen) atoms. The van der Waals surface area contributed by atoms with Gasteiger partial charge in [-0.05, 0) is 26.0 Å². The highest BCUT2D eigenvalue weighted by Gasteiger charge is 1.94. The molecule has 1 heterocycles. The Balaban J connectivity index is 0.000000791. The molecule has 0 saturated heterocycles. The van der Waals surface area contributed by atoms with E-state index >= 15 is 0 Å². The first-order valence-corrected chi connectivity index (χ1v) is 4.46. The van der Waals surface area contributed by atoms with Crippen LogP contribution in [0, 0.1) is 0 Å². The van der Waals surface area contributed by atoms with Crippen molar-refractivity contribution in [2.45, 2.75) is 13.8 Å². The van der Waals surface area contributed by atoms with Crippen LogP contribution in [0.1, 0.15) is 25.1 Å². The lowest BCUT2D eigenvalue weighted by molar-refractivity contribution is 1.28. The molecule has 0 bridgehead atoms. The van der Waals surface area contributed by atoms with Crippen LogP contribution in [0.2, 0.25) is 0 Å². The van der Waals surface area contributed by atoms with Crippen LogP contribution in [-0.2, 0) is 0 Å². The van der Waals surface area contributed by atoms with Gasteiger partial charge in [0.05, 0.1) is 5.69 Å². The number of allylic oxidation sites excluding steroid dienone is 1. The van der Waals surface area contributed by atoms with Crippen LogP contribution >= 0.6 is 0 Å². The number of hydrogen-bond acceptors (Lipinski definition) is 1. The minimum absolute atomic E-state index is 0.943. The molecule has 0 aliphatic carbocycles. The largest absolute Gasteiger partial charge is 0.256 e. The van der Waals surface area contributed by atoms with Gasteiger partial charge >= 0.3 is 0 Å². The van der Waals surface area contributed by atoms with E-state index < -0.39 is 0 Å². The monoisotopic (exact) mass is 187 g/mol. The maximum absolute atomic E-state index is 4.19. The summed E-state index contributed by atoms with van der Waals surface area (Å²) in [4.78, 5) is 4.19. The number of aromatic nitrogens is 1. The average molecular weight is 187 g/mol. The first kappa shape index (κ1) is 12.4. The smallest absolute Gasteiger partial charge is 0.0696 e. The van der Waals surface area contributed by atoms with Crippen LogP contribution in [0.25, 0.3) is 12.2 Å². The van der Waals surface area contributed by atoms with E-state index in [1.54, 1.807) is 12.3 Å². The average Bonchev–Trinajstić information content (AvgIpc) is 2.21. The summed E-state index contributed by atoms with van der Waals surface area (Å²) in [5, 5.41) is 0. The lowest BCUT2D eigenvalue weighted by atomic mass is 10.1. The van der Waals surface area contributed by atoms with Gasteiger partial charge in [0.15, 0.2) is 0 Å². The van der Waals surface area contributed by atoms with Crippen LogP contribution in [-0.4, -0.2) is 4.98 Å². The van der Waals surface area contributed by atoms with Gasteiger partial charge in [-0.1, -0.05) is 24.3 Å². The Hall–Kier alpha value is -1.63. The standard InChI is InChI=1S/C11H13N.C2H4/c1-4-11-10(8-9(2)3)6-5-7-12-11;1-2/h4-8H,1H2,2-3H3;1-2H2. The molecule has 0 saturated carbocycles. The molecule has 0 spiro atoms. The Labute approximate surface area is 86.5 Å². The fraction of sp³-hybridized carbons (Fsp3) is 0.154. The normalized spacial score (nSPS) is 8.14. The van der Waals surface area contributed by atoms with Crippen LogP contribution in [0.15, 0.2) is 43.6 Å². The second kappa shape index (κ2) is 6.84. The fourth-order valence-corrected chi connectivity index (χ4v) is 1.03. The second-order valence-corrected chi connectivity index (χ2v) is 2.90. The van der Waals surface area contributed by atoms with Crippen LogP contribution < -0.4 is 0 Å². The van der Waals surface area contributed by atoms with E-state index in [0.717, 1.165) is 11.3 Å². The molecule has 0 unspecified atom stereocenters. The van der Waals surface area contributed by atoms with Crippen molar-refractivity contribution < 1.29 is 0 Å². The summed E-state index contributed by atoms with van der Waals surface area (Å²) in [6, 6.07) is 3.97. The molecule has 1 aromatic rings. The van der Waals surface area contributed by atoms with Gasteiger partial charge < -0.3 is 0 Å². The zero-order valence-corrected chi connectivity index (χ0v) is 8.96. The summed E-state index contributed by atoms with van der Waals surface area (Å²) in [6.07, 6.45) is 5.65. The Bertz CT molecular complexity index is 320. The molecule has 1 nitrogen and oxygen atoms in total. The molecule has 0 fully saturated rings. The lowest BCUT2D eigenvalue weighted by Gasteiger charge is -1.98. The van der Waals surface area contributed by atoms with Gasteiger partial charge in [0.25, 0.3) is 0 Å². The Morgan fingerprint density at radius 1 is 1.36 bits per heavy atom. The number of hydrogen-bond donors (Lipinski definition) is 0. The highest BCUT2D eigenvalue weighted by Crippen LogP contribution is 2.10. The molecule has 0 N–H and O–H groups in total. The molecule has 74 valence electrons. The van der Waals surface area contributed by atoms with E-state index in [1.807, 2.05) is 12.1 Å². The molecule has 0 aliphatic rings. The maximum Gasteiger partial charge on any atom is 0.0696 e. The Kier molecular flexibility index (Phi) is 6.04. The molecule has 0 aromatic carbocycles. The Morgan fingerprint density at radius 2 is 2.00 bits per heavy atom. The molecular formula is C13H17N. The predicted octanol–water partition coefficient (Wildman–Crippen LogP) is 3.95. The summed E-state index contributed by atoms with van der Waals surface area (Å²) >= 11 is 0. The molecule has 1 rings (SSSR count).